The van der Waals surface area contributed by atoms with Crippen LogP contribution in [0.2, 0.25) is 0 Å². The van der Waals surface area contributed by atoms with E-state index >= 15 is 0 Å². The second-order valence-electron chi connectivity index (χ2n) is 5.60. The Balaban J connectivity index is 2.42. The van der Waals surface area contributed by atoms with E-state index in [1.807, 2.05) is 0 Å². The summed E-state index contributed by atoms with van der Waals surface area (Å²) in [4.78, 5) is 2.66. The summed E-state index contributed by atoms with van der Waals surface area (Å²) < 4.78 is 0. The molecule has 2 N–H and O–H groups in total. The summed E-state index contributed by atoms with van der Waals surface area (Å²) in [6.07, 6.45) is 8.78. The van der Waals surface area contributed by atoms with Gasteiger partial charge >= 0.3 is 0 Å². The molecule has 3 nitrogen and oxygen atoms in total. The van der Waals surface area contributed by atoms with Crippen molar-refractivity contribution >= 4 is 0 Å². The lowest BCUT2D eigenvalue weighted by Gasteiger charge is -2.38. The second kappa shape index (κ2) is 9.76. The lowest BCUT2D eigenvalue weighted by atomic mass is 9.97. The van der Waals surface area contributed by atoms with Crippen molar-refractivity contribution in [3.63, 3.8) is 0 Å². The fraction of sp³-hybridized carbons (Fsp3) is 1.00. The van der Waals surface area contributed by atoms with Crippen LogP contribution in [0, 0.1) is 0 Å². The zero-order chi connectivity index (χ0) is 13.2. The SMILES string of the molecule is CCCNC(CCO)CN1CCCCC1CCC. The zero-order valence-corrected chi connectivity index (χ0v) is 12.3. The summed E-state index contributed by atoms with van der Waals surface area (Å²) in [5, 5.41) is 12.8. The number of hydrogen-bond acceptors (Lipinski definition) is 3. The summed E-state index contributed by atoms with van der Waals surface area (Å²) in [6, 6.07) is 1.25. The van der Waals surface area contributed by atoms with E-state index in [-0.39, 0.29) is 0 Å². The molecule has 0 bridgehead atoms. The number of likely N-dealkylation sites (tertiary alicyclic amines) is 1. The van der Waals surface area contributed by atoms with Crippen LogP contribution in [0.15, 0.2) is 0 Å². The van der Waals surface area contributed by atoms with Gasteiger partial charge in [-0.25, -0.2) is 0 Å². The van der Waals surface area contributed by atoms with Gasteiger partial charge in [-0.15, -0.1) is 0 Å². The number of aliphatic hydroxyl groups is 1. The fourth-order valence-corrected chi connectivity index (χ4v) is 3.01. The van der Waals surface area contributed by atoms with Crippen molar-refractivity contribution in [1.29, 1.82) is 0 Å². The Morgan fingerprint density at radius 2 is 2.11 bits per heavy atom. The van der Waals surface area contributed by atoms with Crippen molar-refractivity contribution in [2.24, 2.45) is 0 Å². The molecule has 3 heteroatoms. The number of hydrogen-bond donors (Lipinski definition) is 2. The molecule has 2 atom stereocenters. The Kier molecular flexibility index (Phi) is 8.64. The topological polar surface area (TPSA) is 35.5 Å². The smallest absolute Gasteiger partial charge is 0.0446 e. The molecule has 0 saturated carbocycles. The van der Waals surface area contributed by atoms with Gasteiger partial charge in [0.25, 0.3) is 0 Å². The van der Waals surface area contributed by atoms with Gasteiger partial charge in [-0.2, -0.15) is 0 Å². The van der Waals surface area contributed by atoms with Crippen LogP contribution in [0.25, 0.3) is 0 Å². The molecule has 1 aliphatic heterocycles. The minimum atomic E-state index is 0.299. The molecule has 0 spiro atoms. The molecular formula is C15H32N2O. The van der Waals surface area contributed by atoms with Crippen molar-refractivity contribution in [3.8, 4) is 0 Å². The third-order valence-corrected chi connectivity index (χ3v) is 3.99. The van der Waals surface area contributed by atoms with Gasteiger partial charge in [0.15, 0.2) is 0 Å². The van der Waals surface area contributed by atoms with Crippen molar-refractivity contribution in [2.75, 3.05) is 26.2 Å². The maximum absolute atomic E-state index is 9.18. The highest BCUT2D eigenvalue weighted by Crippen LogP contribution is 2.21. The van der Waals surface area contributed by atoms with Crippen LogP contribution >= 0.6 is 0 Å². The molecule has 1 heterocycles. The Morgan fingerprint density at radius 1 is 1.28 bits per heavy atom. The highest BCUT2D eigenvalue weighted by Gasteiger charge is 2.23. The minimum Gasteiger partial charge on any atom is -0.396 e. The Hall–Kier alpha value is -0.120. The highest BCUT2D eigenvalue weighted by molar-refractivity contribution is 4.81. The first-order valence-corrected chi connectivity index (χ1v) is 7.90. The average Bonchev–Trinajstić information content (AvgIpc) is 2.39. The van der Waals surface area contributed by atoms with Crippen molar-refractivity contribution in [2.45, 2.75) is 70.9 Å². The first kappa shape index (κ1) is 15.9. The quantitative estimate of drug-likeness (QED) is 0.665. The van der Waals surface area contributed by atoms with Crippen LogP contribution in [-0.4, -0.2) is 48.3 Å². The third kappa shape index (κ3) is 5.68. The molecule has 1 aliphatic rings. The monoisotopic (exact) mass is 256 g/mol. The molecule has 0 radical (unpaired) electrons. The molecule has 0 aromatic heterocycles. The van der Waals surface area contributed by atoms with Crippen molar-refractivity contribution in [3.05, 3.63) is 0 Å². The molecule has 1 fully saturated rings. The van der Waals surface area contributed by atoms with E-state index < -0.39 is 0 Å². The zero-order valence-electron chi connectivity index (χ0n) is 12.3. The van der Waals surface area contributed by atoms with Gasteiger partial charge in [0.2, 0.25) is 0 Å². The average molecular weight is 256 g/mol. The van der Waals surface area contributed by atoms with Crippen molar-refractivity contribution in [1.82, 2.24) is 10.2 Å². The fourth-order valence-electron chi connectivity index (χ4n) is 3.01. The Bertz CT molecular complexity index is 197. The first-order chi connectivity index (χ1) is 8.81. The lowest BCUT2D eigenvalue weighted by Crippen LogP contribution is -2.48. The minimum absolute atomic E-state index is 0.299. The van der Waals surface area contributed by atoms with Crippen LogP contribution in [0.3, 0.4) is 0 Å². The van der Waals surface area contributed by atoms with Gasteiger partial charge in [-0.1, -0.05) is 26.7 Å². The van der Waals surface area contributed by atoms with Gasteiger partial charge in [0.05, 0.1) is 0 Å². The molecule has 0 aromatic rings. The van der Waals surface area contributed by atoms with E-state index in [0.717, 1.165) is 25.6 Å². The van der Waals surface area contributed by atoms with Crippen molar-refractivity contribution < 1.29 is 5.11 Å². The lowest BCUT2D eigenvalue weighted by molar-refractivity contribution is 0.118. The van der Waals surface area contributed by atoms with Crippen LogP contribution < -0.4 is 5.32 Å². The predicted molar refractivity (Wildman–Crippen MR) is 77.9 cm³/mol. The predicted octanol–water partition coefficient (Wildman–Crippen LogP) is 2.39. The summed E-state index contributed by atoms with van der Waals surface area (Å²) in [7, 11) is 0. The van der Waals surface area contributed by atoms with Crippen LogP contribution in [0.1, 0.15) is 58.8 Å². The molecule has 0 aliphatic carbocycles. The van der Waals surface area contributed by atoms with E-state index in [2.05, 4.69) is 24.1 Å². The van der Waals surface area contributed by atoms with Gasteiger partial charge in [-0.3, -0.25) is 4.90 Å². The number of rotatable bonds is 9. The highest BCUT2D eigenvalue weighted by atomic mass is 16.3. The molecule has 1 rings (SSSR count). The molecule has 0 amide bonds. The summed E-state index contributed by atoms with van der Waals surface area (Å²) in [5.74, 6) is 0. The Labute approximate surface area is 113 Å². The summed E-state index contributed by atoms with van der Waals surface area (Å²) in [6.45, 7) is 8.22. The van der Waals surface area contributed by atoms with E-state index in [1.165, 1.54) is 45.1 Å². The standard InChI is InChI=1S/C15H32N2O/c1-3-7-15-8-5-6-11-17(15)13-14(9-12-18)16-10-4-2/h14-16,18H,3-13H2,1-2H3. The summed E-state index contributed by atoms with van der Waals surface area (Å²) >= 11 is 0. The largest absolute Gasteiger partial charge is 0.396 e. The van der Waals surface area contributed by atoms with Crippen LogP contribution in [-0.2, 0) is 0 Å². The molecule has 108 valence electrons. The van der Waals surface area contributed by atoms with Gasteiger partial charge < -0.3 is 10.4 Å². The van der Waals surface area contributed by atoms with Crippen LogP contribution in [0.5, 0.6) is 0 Å². The van der Waals surface area contributed by atoms with Gasteiger partial charge in [-0.05, 0) is 45.2 Å². The van der Waals surface area contributed by atoms with Crippen LogP contribution in [0.4, 0.5) is 0 Å². The normalized spacial score (nSPS) is 23.2. The molecule has 2 unspecified atom stereocenters. The van der Waals surface area contributed by atoms with E-state index in [9.17, 15) is 5.11 Å². The third-order valence-electron chi connectivity index (χ3n) is 3.99. The van der Waals surface area contributed by atoms with E-state index in [4.69, 9.17) is 0 Å². The molecular weight excluding hydrogens is 224 g/mol. The molecule has 18 heavy (non-hydrogen) atoms. The molecule has 1 saturated heterocycles. The maximum atomic E-state index is 9.18. The molecule has 0 aromatic carbocycles. The van der Waals surface area contributed by atoms with Gasteiger partial charge in [0, 0.05) is 25.2 Å². The van der Waals surface area contributed by atoms with Gasteiger partial charge in [0.1, 0.15) is 0 Å². The number of aliphatic hydroxyl groups excluding tert-OH is 1. The first-order valence-electron chi connectivity index (χ1n) is 7.90. The second-order valence-corrected chi connectivity index (χ2v) is 5.60. The summed E-state index contributed by atoms with van der Waals surface area (Å²) in [5.41, 5.74) is 0. The maximum Gasteiger partial charge on any atom is 0.0446 e. The number of nitrogens with zero attached hydrogens (tertiary/aromatic N) is 1. The van der Waals surface area contributed by atoms with E-state index in [1.54, 1.807) is 0 Å². The van der Waals surface area contributed by atoms with E-state index in [0.29, 0.717) is 12.6 Å². The number of piperidine rings is 1. The Morgan fingerprint density at radius 3 is 2.78 bits per heavy atom. The number of nitrogens with one attached hydrogen (secondary N) is 1.